The van der Waals surface area contributed by atoms with Crippen LogP contribution in [0.15, 0.2) is 82.8 Å². The number of nitrogens with zero attached hydrogens (tertiary/aromatic N) is 2. The van der Waals surface area contributed by atoms with Crippen LogP contribution in [0.3, 0.4) is 0 Å². The summed E-state index contributed by atoms with van der Waals surface area (Å²) in [6.07, 6.45) is 90.8. The summed E-state index contributed by atoms with van der Waals surface area (Å²) in [6.45, 7) is 9.23. The molecule has 0 heterocycles. The molecule has 0 aliphatic carbocycles. The first kappa shape index (κ1) is 82.5. The van der Waals surface area contributed by atoms with Crippen LogP contribution in [0.5, 0.6) is 0 Å². The van der Waals surface area contributed by atoms with E-state index >= 15 is 0 Å². The molecule has 2 aromatic rings. The third kappa shape index (κ3) is 53.8. The summed E-state index contributed by atoms with van der Waals surface area (Å²) in [5, 5.41) is 0. The smallest absolute Gasteiger partial charge is 0.135 e. The van der Waals surface area contributed by atoms with Crippen molar-refractivity contribution < 1.29 is 20.4 Å². The summed E-state index contributed by atoms with van der Waals surface area (Å²) in [4.78, 5) is 11.0. The Morgan fingerprint density at radius 1 is 0.299 bits per heavy atom. The second kappa shape index (κ2) is 67.9. The first-order valence-electron chi connectivity index (χ1n) is 38.8. The number of hydrogen-bond donors (Lipinski definition) is 0. The molecule has 0 unspecified atom stereocenters. The maximum Gasteiger partial charge on any atom is 0.135 e. The zero-order valence-electron chi connectivity index (χ0n) is 58.6. The van der Waals surface area contributed by atoms with Gasteiger partial charge in [0.25, 0.3) is 0 Å². The van der Waals surface area contributed by atoms with Crippen LogP contribution in [0.1, 0.15) is 411 Å². The average Bonchev–Trinajstić information content (AvgIpc) is 3.63. The number of benzene rings is 2. The van der Waals surface area contributed by atoms with Gasteiger partial charge in [0.15, 0.2) is 0 Å². The summed E-state index contributed by atoms with van der Waals surface area (Å²) < 4.78 is 0. The fourth-order valence-corrected chi connectivity index (χ4v) is 12.5. The van der Waals surface area contributed by atoms with Gasteiger partial charge in [0.05, 0.1) is 17.1 Å². The van der Waals surface area contributed by atoms with E-state index in [0.717, 1.165) is 87.0 Å². The van der Waals surface area contributed by atoms with Gasteiger partial charge in [-0.25, -0.2) is 4.99 Å². The standard InChI is InChI=1S/C84H144N2.Pd/c1-5-9-13-16-19-22-25-28-31-34-37-39-41-43-46-49-52-55-58-61-64-71-79-73-67-69-76-81(79)85-83(75-12-8-4)84(78-66-63-60-57-54-51-48-45-36-33-30-27-24-21-18-15-11-7-3)86-82-77-70-68-74-80(82)72-65-62-59-56-53-50-47-44-42-40-38-35-32-29-26-23-20-17-14-10-6-2;/h55-56,58-59,67-70,73-74,76-77H,5-54,57,60-65,71-72,75H2,1-4H3;/b58-55+,59-56+,85-83+,86-84-;. The minimum atomic E-state index is 0. The molecule has 0 bridgehead atoms. The van der Waals surface area contributed by atoms with Gasteiger partial charge in [-0.2, -0.15) is 0 Å². The van der Waals surface area contributed by atoms with Crippen molar-refractivity contribution in [1.29, 1.82) is 0 Å². The first-order valence-corrected chi connectivity index (χ1v) is 38.8. The molecule has 0 saturated carbocycles. The third-order valence-electron chi connectivity index (χ3n) is 18.3. The number of rotatable bonds is 64. The van der Waals surface area contributed by atoms with Crippen molar-refractivity contribution in [2.75, 3.05) is 0 Å². The molecule has 0 aromatic heterocycles. The molecule has 87 heavy (non-hydrogen) atoms. The molecular weight excluding hydrogens is 1140 g/mol. The Bertz CT molecular complexity index is 1930. The van der Waals surface area contributed by atoms with Crippen molar-refractivity contribution in [2.24, 2.45) is 9.98 Å². The van der Waals surface area contributed by atoms with Gasteiger partial charge in [-0.05, 0) is 113 Å². The van der Waals surface area contributed by atoms with E-state index < -0.39 is 0 Å². The molecule has 0 atom stereocenters. The van der Waals surface area contributed by atoms with Crippen LogP contribution in [0.25, 0.3) is 0 Å². The molecule has 0 spiro atoms. The Kier molecular flexibility index (Phi) is 64.3. The van der Waals surface area contributed by atoms with Gasteiger partial charge >= 0.3 is 0 Å². The van der Waals surface area contributed by atoms with E-state index in [2.05, 4.69) is 112 Å². The minimum Gasteiger partial charge on any atom is -0.250 e. The number of aryl methyl sites for hydroxylation is 2. The molecule has 0 radical (unpaired) electrons. The Morgan fingerprint density at radius 2 is 0.563 bits per heavy atom. The first-order chi connectivity index (χ1) is 42.7. The van der Waals surface area contributed by atoms with E-state index in [9.17, 15) is 0 Å². The van der Waals surface area contributed by atoms with E-state index in [1.54, 1.807) is 0 Å². The zero-order valence-corrected chi connectivity index (χ0v) is 60.1. The van der Waals surface area contributed by atoms with Crippen molar-refractivity contribution in [3.8, 4) is 11.8 Å². The van der Waals surface area contributed by atoms with Crippen molar-refractivity contribution in [2.45, 2.75) is 413 Å². The molecule has 0 aliphatic heterocycles. The third-order valence-corrected chi connectivity index (χ3v) is 18.3. The van der Waals surface area contributed by atoms with E-state index in [4.69, 9.17) is 9.98 Å². The van der Waals surface area contributed by atoms with Crippen molar-refractivity contribution in [3.05, 3.63) is 84.0 Å². The largest absolute Gasteiger partial charge is 0.250 e. The maximum atomic E-state index is 5.54. The van der Waals surface area contributed by atoms with E-state index in [-0.39, 0.29) is 20.4 Å². The van der Waals surface area contributed by atoms with E-state index in [1.165, 1.54) is 332 Å². The van der Waals surface area contributed by atoms with Crippen molar-refractivity contribution >= 4 is 22.8 Å². The fourth-order valence-electron chi connectivity index (χ4n) is 12.5. The number of allylic oxidation sites excluding steroid dienone is 4. The monoisotopic (exact) mass is 1290 g/mol. The molecule has 3 heteroatoms. The number of unbranched alkanes of at least 4 members (excludes halogenated alkanes) is 51. The van der Waals surface area contributed by atoms with Gasteiger partial charge in [0, 0.05) is 26.8 Å². The molecule has 2 aromatic carbocycles. The minimum absolute atomic E-state index is 0. The van der Waals surface area contributed by atoms with Gasteiger partial charge in [-0.15, -0.1) is 0 Å². The summed E-state index contributed by atoms with van der Waals surface area (Å²) >= 11 is 0. The van der Waals surface area contributed by atoms with Crippen molar-refractivity contribution in [3.63, 3.8) is 0 Å². The van der Waals surface area contributed by atoms with E-state index in [1.807, 2.05) is 0 Å². The Labute approximate surface area is 558 Å². The van der Waals surface area contributed by atoms with Crippen LogP contribution in [-0.4, -0.2) is 11.4 Å². The average molecular weight is 1290 g/mol. The summed E-state index contributed by atoms with van der Waals surface area (Å²) in [5.74, 6) is 7.34. The fraction of sp³-hybridized carbons (Fsp3) is 0.762. The molecule has 2 rings (SSSR count). The number of hydrogen-bond acceptors (Lipinski definition) is 2. The predicted molar refractivity (Wildman–Crippen MR) is 391 cm³/mol. The number of aliphatic imine (C=N–C) groups is 2. The SMILES string of the molecule is CCCCCCCCCCCCCCCCCCC#CC(=N/c1ccccc1CCC/C=C/CCCCCCCCCCCCCCCCCC)/C(CCCC)=N/c1ccccc1CCC/C=C/CCCCCCCCCCCCCCCCCC.[Pd]. The Morgan fingerprint density at radius 3 is 0.885 bits per heavy atom. The Balaban J connectivity index is 0.0000378. The van der Waals surface area contributed by atoms with Crippen LogP contribution in [0.2, 0.25) is 0 Å². The van der Waals surface area contributed by atoms with Gasteiger partial charge in [0.1, 0.15) is 5.71 Å². The van der Waals surface area contributed by atoms with Crippen molar-refractivity contribution in [1.82, 2.24) is 0 Å². The van der Waals surface area contributed by atoms with Gasteiger partial charge < -0.3 is 0 Å². The molecule has 500 valence electrons. The summed E-state index contributed by atoms with van der Waals surface area (Å²) in [6, 6.07) is 17.8. The topological polar surface area (TPSA) is 24.7 Å². The Hall–Kier alpha value is -2.52. The maximum absolute atomic E-state index is 5.54. The molecule has 0 aliphatic rings. The summed E-state index contributed by atoms with van der Waals surface area (Å²) in [5.41, 5.74) is 6.78. The van der Waals surface area contributed by atoms with Crippen LogP contribution >= 0.6 is 0 Å². The quantitative estimate of drug-likeness (QED) is 0.0207. The van der Waals surface area contributed by atoms with E-state index in [0.29, 0.717) is 0 Å². The predicted octanol–water partition coefficient (Wildman–Crippen LogP) is 29.4. The number of para-hydroxylation sites is 2. The summed E-state index contributed by atoms with van der Waals surface area (Å²) in [7, 11) is 0. The van der Waals surface area contributed by atoms with Gasteiger partial charge in [0.2, 0.25) is 0 Å². The van der Waals surface area contributed by atoms with Crippen LogP contribution < -0.4 is 0 Å². The molecule has 0 saturated heterocycles. The van der Waals surface area contributed by atoms with Crippen LogP contribution in [0, 0.1) is 11.8 Å². The molecule has 0 amide bonds. The second-order valence-corrected chi connectivity index (χ2v) is 26.6. The molecule has 0 N–H and O–H groups in total. The van der Waals surface area contributed by atoms with Crippen LogP contribution in [-0.2, 0) is 33.3 Å². The van der Waals surface area contributed by atoms with Gasteiger partial charge in [-0.1, -0.05) is 390 Å². The van der Waals surface area contributed by atoms with Gasteiger partial charge in [-0.3, -0.25) is 4.99 Å². The normalized spacial score (nSPS) is 12.0. The zero-order chi connectivity index (χ0) is 61.2. The molecule has 0 fully saturated rings. The van der Waals surface area contributed by atoms with Crippen LogP contribution in [0.4, 0.5) is 11.4 Å². The second-order valence-electron chi connectivity index (χ2n) is 26.6. The molecule has 2 nitrogen and oxygen atoms in total. The molecular formula is C84H144N2Pd.